The van der Waals surface area contributed by atoms with E-state index < -0.39 is 9.84 Å². The van der Waals surface area contributed by atoms with Gasteiger partial charge in [0, 0.05) is 19.6 Å². The SMILES string of the molecule is O=C(N1CCS(=O)(=O)CC1)N1CCCC1c1ccccc1. The maximum atomic E-state index is 12.7. The van der Waals surface area contributed by atoms with Gasteiger partial charge in [0.05, 0.1) is 17.5 Å². The molecule has 0 aromatic heterocycles. The largest absolute Gasteiger partial charge is 0.323 e. The van der Waals surface area contributed by atoms with Crippen molar-refractivity contribution in [2.45, 2.75) is 18.9 Å². The number of benzene rings is 1. The summed E-state index contributed by atoms with van der Waals surface area (Å²) >= 11 is 0. The van der Waals surface area contributed by atoms with Gasteiger partial charge in [-0.05, 0) is 18.4 Å². The third-order valence-corrected chi connectivity index (χ3v) is 5.91. The van der Waals surface area contributed by atoms with Gasteiger partial charge in [-0.15, -0.1) is 0 Å². The molecule has 2 aliphatic heterocycles. The van der Waals surface area contributed by atoms with Gasteiger partial charge in [0.25, 0.3) is 0 Å². The predicted molar refractivity (Wildman–Crippen MR) is 80.7 cm³/mol. The van der Waals surface area contributed by atoms with Crippen LogP contribution in [0, 0.1) is 0 Å². The lowest BCUT2D eigenvalue weighted by Gasteiger charge is -2.34. The summed E-state index contributed by atoms with van der Waals surface area (Å²) < 4.78 is 22.9. The molecule has 2 amide bonds. The van der Waals surface area contributed by atoms with E-state index >= 15 is 0 Å². The Morgan fingerprint density at radius 2 is 1.71 bits per heavy atom. The monoisotopic (exact) mass is 308 g/mol. The number of carbonyl (C=O) groups excluding carboxylic acids is 1. The van der Waals surface area contributed by atoms with E-state index in [1.165, 1.54) is 0 Å². The molecule has 2 saturated heterocycles. The first-order valence-corrected chi connectivity index (χ1v) is 9.20. The molecule has 1 atom stereocenters. The standard InChI is InChI=1S/C15H20N2O3S/c18-15(16-9-11-21(19,20)12-10-16)17-8-4-7-14(17)13-5-2-1-3-6-13/h1-3,5-6,14H,4,7-12H2. The average molecular weight is 308 g/mol. The minimum absolute atomic E-state index is 0.0174. The van der Waals surface area contributed by atoms with Gasteiger partial charge >= 0.3 is 6.03 Å². The highest BCUT2D eigenvalue weighted by Crippen LogP contribution is 2.32. The van der Waals surface area contributed by atoms with E-state index in [4.69, 9.17) is 0 Å². The number of amides is 2. The molecule has 0 bridgehead atoms. The molecule has 2 fully saturated rings. The molecule has 0 N–H and O–H groups in total. The quantitative estimate of drug-likeness (QED) is 0.793. The number of hydrogen-bond acceptors (Lipinski definition) is 3. The summed E-state index contributed by atoms with van der Waals surface area (Å²) in [7, 11) is -2.95. The van der Waals surface area contributed by atoms with Crippen LogP contribution in [0.3, 0.4) is 0 Å². The zero-order valence-corrected chi connectivity index (χ0v) is 12.8. The summed E-state index contributed by atoms with van der Waals surface area (Å²) in [5.41, 5.74) is 1.16. The molecule has 1 aromatic rings. The maximum absolute atomic E-state index is 12.7. The smallest absolute Gasteiger partial charge is 0.320 e. The van der Waals surface area contributed by atoms with Crippen LogP contribution < -0.4 is 0 Å². The lowest BCUT2D eigenvalue weighted by molar-refractivity contribution is 0.152. The second-order valence-electron chi connectivity index (χ2n) is 5.68. The normalized spacial score (nSPS) is 25.0. The number of likely N-dealkylation sites (tertiary alicyclic amines) is 1. The minimum atomic E-state index is -2.95. The third-order valence-electron chi connectivity index (χ3n) is 4.30. The Hall–Kier alpha value is -1.56. The van der Waals surface area contributed by atoms with Crippen LogP contribution in [0.1, 0.15) is 24.4 Å². The van der Waals surface area contributed by atoms with Crippen LogP contribution in [0.15, 0.2) is 30.3 Å². The second kappa shape index (κ2) is 5.67. The average Bonchev–Trinajstić information content (AvgIpc) is 2.97. The molecular formula is C15H20N2O3S. The van der Waals surface area contributed by atoms with E-state index in [1.807, 2.05) is 23.1 Å². The van der Waals surface area contributed by atoms with Gasteiger partial charge in [-0.25, -0.2) is 13.2 Å². The number of hydrogen-bond donors (Lipinski definition) is 0. The summed E-state index contributed by atoms with van der Waals surface area (Å²) in [6, 6.07) is 10.2. The summed E-state index contributed by atoms with van der Waals surface area (Å²) in [5.74, 6) is 0.172. The Labute approximate surface area is 125 Å². The molecule has 6 heteroatoms. The van der Waals surface area contributed by atoms with Crippen LogP contribution in [0.25, 0.3) is 0 Å². The summed E-state index contributed by atoms with van der Waals surface area (Å²) in [4.78, 5) is 16.2. The van der Waals surface area contributed by atoms with Crippen LogP contribution in [-0.4, -0.2) is 55.4 Å². The van der Waals surface area contributed by atoms with Crippen LogP contribution in [0.4, 0.5) is 4.79 Å². The van der Waals surface area contributed by atoms with Crippen molar-refractivity contribution in [2.75, 3.05) is 31.1 Å². The van der Waals surface area contributed by atoms with Crippen molar-refractivity contribution in [1.82, 2.24) is 9.80 Å². The molecule has 2 heterocycles. The highest BCUT2D eigenvalue weighted by atomic mass is 32.2. The van der Waals surface area contributed by atoms with Crippen LogP contribution >= 0.6 is 0 Å². The number of rotatable bonds is 1. The zero-order valence-electron chi connectivity index (χ0n) is 11.9. The molecule has 5 nitrogen and oxygen atoms in total. The summed E-state index contributed by atoms with van der Waals surface area (Å²) in [5, 5.41) is 0. The minimum Gasteiger partial charge on any atom is -0.323 e. The van der Waals surface area contributed by atoms with Gasteiger partial charge in [-0.1, -0.05) is 30.3 Å². The molecule has 0 saturated carbocycles. The van der Waals surface area contributed by atoms with Crippen molar-refractivity contribution < 1.29 is 13.2 Å². The van der Waals surface area contributed by atoms with Crippen molar-refractivity contribution >= 4 is 15.9 Å². The Bertz CT molecular complexity index is 601. The number of sulfone groups is 1. The van der Waals surface area contributed by atoms with E-state index in [-0.39, 0.29) is 23.6 Å². The Morgan fingerprint density at radius 3 is 2.38 bits per heavy atom. The molecule has 1 aromatic carbocycles. The molecule has 3 rings (SSSR count). The van der Waals surface area contributed by atoms with E-state index in [0.717, 1.165) is 24.9 Å². The highest BCUT2D eigenvalue weighted by molar-refractivity contribution is 7.91. The van der Waals surface area contributed by atoms with E-state index in [1.54, 1.807) is 4.90 Å². The molecule has 0 aliphatic carbocycles. The van der Waals surface area contributed by atoms with Crippen molar-refractivity contribution in [3.8, 4) is 0 Å². The number of urea groups is 1. The number of nitrogens with zero attached hydrogens (tertiary/aromatic N) is 2. The fraction of sp³-hybridized carbons (Fsp3) is 0.533. The van der Waals surface area contributed by atoms with Crippen molar-refractivity contribution in [3.63, 3.8) is 0 Å². The maximum Gasteiger partial charge on any atom is 0.320 e. The van der Waals surface area contributed by atoms with Crippen molar-refractivity contribution in [1.29, 1.82) is 0 Å². The van der Waals surface area contributed by atoms with Gasteiger partial charge in [-0.2, -0.15) is 0 Å². The first-order valence-electron chi connectivity index (χ1n) is 7.38. The molecule has 1 unspecified atom stereocenters. The number of carbonyl (C=O) groups is 1. The molecular weight excluding hydrogens is 288 g/mol. The molecule has 0 radical (unpaired) electrons. The lowest BCUT2D eigenvalue weighted by atomic mass is 10.1. The molecule has 2 aliphatic rings. The fourth-order valence-electron chi connectivity index (χ4n) is 3.10. The second-order valence-corrected chi connectivity index (χ2v) is 7.99. The molecule has 21 heavy (non-hydrogen) atoms. The van der Waals surface area contributed by atoms with E-state index in [9.17, 15) is 13.2 Å². The van der Waals surface area contributed by atoms with Gasteiger partial charge in [-0.3, -0.25) is 0 Å². The van der Waals surface area contributed by atoms with E-state index in [0.29, 0.717) is 13.1 Å². The highest BCUT2D eigenvalue weighted by Gasteiger charge is 2.34. The zero-order chi connectivity index (χ0) is 14.9. The van der Waals surface area contributed by atoms with Crippen molar-refractivity contribution in [3.05, 3.63) is 35.9 Å². The lowest BCUT2D eigenvalue weighted by Crippen LogP contribution is -2.49. The Balaban J connectivity index is 1.72. The van der Waals surface area contributed by atoms with E-state index in [2.05, 4.69) is 12.1 Å². The first kappa shape index (κ1) is 14.4. The first-order chi connectivity index (χ1) is 10.1. The molecule has 0 spiro atoms. The van der Waals surface area contributed by atoms with Crippen LogP contribution in [0.2, 0.25) is 0 Å². The van der Waals surface area contributed by atoms with Crippen LogP contribution in [0.5, 0.6) is 0 Å². The molecule has 114 valence electrons. The van der Waals surface area contributed by atoms with Crippen LogP contribution in [-0.2, 0) is 9.84 Å². The Kier molecular flexibility index (Phi) is 3.89. The topological polar surface area (TPSA) is 57.7 Å². The fourth-order valence-corrected chi connectivity index (χ4v) is 4.30. The van der Waals surface area contributed by atoms with Crippen molar-refractivity contribution in [2.24, 2.45) is 0 Å². The van der Waals surface area contributed by atoms with Gasteiger partial charge in [0.15, 0.2) is 9.84 Å². The Morgan fingerprint density at radius 1 is 1.05 bits per heavy atom. The van der Waals surface area contributed by atoms with Gasteiger partial charge in [0.1, 0.15) is 0 Å². The third kappa shape index (κ3) is 3.05. The predicted octanol–water partition coefficient (Wildman–Crippen LogP) is 1.67. The van der Waals surface area contributed by atoms with Gasteiger partial charge < -0.3 is 9.80 Å². The van der Waals surface area contributed by atoms with Gasteiger partial charge in [0.2, 0.25) is 0 Å². The summed E-state index contributed by atoms with van der Waals surface area (Å²) in [6.07, 6.45) is 1.97. The summed E-state index contributed by atoms with van der Waals surface area (Å²) in [6.45, 7) is 1.39.